The van der Waals surface area contributed by atoms with Crippen LogP contribution in [0.2, 0.25) is 5.15 Å². The molecule has 11 heteroatoms. The monoisotopic (exact) mass is 502 g/mol. The molecule has 0 bridgehead atoms. The maximum absolute atomic E-state index is 12.6. The zero-order valence-corrected chi connectivity index (χ0v) is 21.2. The van der Waals surface area contributed by atoms with E-state index in [0.29, 0.717) is 11.8 Å². The average Bonchev–Trinajstić information content (AvgIpc) is 3.40. The molecule has 1 aliphatic heterocycles. The summed E-state index contributed by atoms with van der Waals surface area (Å²) < 4.78 is 11.4. The summed E-state index contributed by atoms with van der Waals surface area (Å²) >= 11 is 7.86. The van der Waals surface area contributed by atoms with Gasteiger partial charge in [0.05, 0.1) is 17.7 Å². The van der Waals surface area contributed by atoms with Crippen molar-refractivity contribution in [2.75, 3.05) is 16.8 Å². The van der Waals surface area contributed by atoms with Gasteiger partial charge in [-0.3, -0.25) is 9.88 Å². The van der Waals surface area contributed by atoms with Gasteiger partial charge in [-0.15, -0.1) is 11.3 Å². The molecule has 3 aromatic heterocycles. The van der Waals surface area contributed by atoms with Gasteiger partial charge in [-0.25, -0.2) is 14.8 Å². The molecule has 0 unspecified atom stereocenters. The minimum Gasteiger partial charge on any atom is -0.447 e. The molecule has 0 saturated carbocycles. The molecule has 4 heterocycles. The lowest BCUT2D eigenvalue weighted by molar-refractivity contribution is -0.0618. The summed E-state index contributed by atoms with van der Waals surface area (Å²) in [6.45, 7) is 10.0. The highest BCUT2D eigenvalue weighted by molar-refractivity contribution is 7.15. The molecule has 1 N–H and O–H groups in total. The lowest BCUT2D eigenvalue weighted by Gasteiger charge is -2.31. The lowest BCUT2D eigenvalue weighted by atomic mass is 10.1. The first kappa shape index (κ1) is 24.3. The number of cyclic esters (lactones) is 1. The van der Waals surface area contributed by atoms with E-state index in [4.69, 9.17) is 21.1 Å². The van der Waals surface area contributed by atoms with E-state index in [0.717, 1.165) is 15.4 Å². The van der Waals surface area contributed by atoms with E-state index in [9.17, 15) is 4.79 Å². The maximum atomic E-state index is 12.6. The molecule has 1 fully saturated rings. The maximum Gasteiger partial charge on any atom is 0.416 e. The third kappa shape index (κ3) is 5.63. The Kier molecular flexibility index (Phi) is 7.01. The predicted octanol–water partition coefficient (Wildman–Crippen LogP) is 5.35. The van der Waals surface area contributed by atoms with Gasteiger partial charge in [0.2, 0.25) is 5.95 Å². The molecule has 0 aliphatic carbocycles. The van der Waals surface area contributed by atoms with Crippen molar-refractivity contribution < 1.29 is 14.3 Å². The van der Waals surface area contributed by atoms with Gasteiger partial charge < -0.3 is 14.8 Å². The number of aromatic nitrogens is 4. The van der Waals surface area contributed by atoms with Crippen molar-refractivity contribution in [1.29, 1.82) is 0 Å². The van der Waals surface area contributed by atoms with Gasteiger partial charge in [0.25, 0.3) is 0 Å². The van der Waals surface area contributed by atoms with Crippen LogP contribution in [-0.2, 0) is 9.47 Å². The van der Waals surface area contributed by atoms with Crippen molar-refractivity contribution in [2.24, 2.45) is 0 Å². The average molecular weight is 503 g/mol. The summed E-state index contributed by atoms with van der Waals surface area (Å²) in [7, 11) is 0. The van der Waals surface area contributed by atoms with Crippen LogP contribution >= 0.6 is 22.9 Å². The molecule has 9 nitrogen and oxygen atoms in total. The Morgan fingerprint density at radius 1 is 1.29 bits per heavy atom. The van der Waals surface area contributed by atoms with Gasteiger partial charge in [-0.1, -0.05) is 11.6 Å². The highest BCUT2D eigenvalue weighted by atomic mass is 35.5. The molecule has 0 spiro atoms. The van der Waals surface area contributed by atoms with Gasteiger partial charge >= 0.3 is 6.09 Å². The van der Waals surface area contributed by atoms with Crippen molar-refractivity contribution in [2.45, 2.75) is 58.4 Å². The second kappa shape index (κ2) is 9.81. The zero-order valence-electron chi connectivity index (χ0n) is 19.7. The molecule has 1 amide bonds. The fourth-order valence-corrected chi connectivity index (χ4v) is 4.74. The Labute approximate surface area is 207 Å². The molecule has 3 aromatic rings. The SMILES string of the molecule is C[C@H](Nc1nc(Cl)cc(N2C(=O)OC[C@@H]2[C@@H](C)OC(C)(C)C)n1)c1cnc(-c2cccnc2)s1. The second-order valence-electron chi connectivity index (χ2n) is 9.00. The topological polar surface area (TPSA) is 102 Å². The smallest absolute Gasteiger partial charge is 0.416 e. The summed E-state index contributed by atoms with van der Waals surface area (Å²) in [6, 6.07) is 4.91. The number of pyridine rings is 1. The number of ether oxygens (including phenoxy) is 2. The zero-order chi connectivity index (χ0) is 24.5. The lowest BCUT2D eigenvalue weighted by Crippen LogP contribution is -2.45. The van der Waals surface area contributed by atoms with Crippen LogP contribution in [0.25, 0.3) is 10.6 Å². The van der Waals surface area contributed by atoms with Gasteiger partial charge in [0.15, 0.2) is 0 Å². The van der Waals surface area contributed by atoms with E-state index in [2.05, 4.69) is 25.3 Å². The van der Waals surface area contributed by atoms with Gasteiger partial charge in [-0.2, -0.15) is 4.98 Å². The molecule has 0 radical (unpaired) electrons. The Bertz CT molecular complexity index is 1150. The predicted molar refractivity (Wildman–Crippen MR) is 132 cm³/mol. The third-order valence-corrected chi connectivity index (χ3v) is 6.54. The normalized spacial score (nSPS) is 18.0. The number of anilines is 2. The van der Waals surface area contributed by atoms with E-state index in [1.165, 1.54) is 4.90 Å². The van der Waals surface area contributed by atoms with Crippen LogP contribution in [0, 0.1) is 0 Å². The number of amides is 1. The van der Waals surface area contributed by atoms with Crippen molar-refractivity contribution in [3.63, 3.8) is 0 Å². The number of hydrogen-bond donors (Lipinski definition) is 1. The molecule has 0 aromatic carbocycles. The van der Waals surface area contributed by atoms with Crippen LogP contribution in [0.4, 0.5) is 16.6 Å². The first-order valence-electron chi connectivity index (χ1n) is 10.9. The van der Waals surface area contributed by atoms with Crippen LogP contribution < -0.4 is 10.2 Å². The minimum absolute atomic E-state index is 0.140. The number of carbonyl (C=O) groups excluding carboxylic acids is 1. The summed E-state index contributed by atoms with van der Waals surface area (Å²) in [6.07, 6.45) is 4.55. The van der Waals surface area contributed by atoms with E-state index >= 15 is 0 Å². The van der Waals surface area contributed by atoms with Crippen LogP contribution in [-0.4, -0.2) is 50.4 Å². The number of rotatable bonds is 7. The Hall–Kier alpha value is -2.82. The van der Waals surface area contributed by atoms with Crippen LogP contribution in [0.1, 0.15) is 45.5 Å². The number of thiazole rings is 1. The van der Waals surface area contributed by atoms with Gasteiger partial charge in [0, 0.05) is 35.1 Å². The van der Waals surface area contributed by atoms with E-state index in [-0.39, 0.29) is 35.5 Å². The van der Waals surface area contributed by atoms with Gasteiger partial charge in [0.1, 0.15) is 28.6 Å². The molecule has 34 heavy (non-hydrogen) atoms. The number of carbonyl (C=O) groups is 1. The molecule has 1 saturated heterocycles. The standard InChI is InChI=1S/C23H27ClN6O3S/c1-13(17-11-26-20(34-17)15-7-6-8-25-10-15)27-21-28-18(24)9-19(29-21)30-16(12-32-22(30)31)14(2)33-23(3,4)5/h6-11,13-14,16H,12H2,1-5H3,(H,27,28,29)/t13-,14+,16+/m0/s1. The molecular formula is C23H27ClN6O3S. The van der Waals surface area contributed by atoms with Crippen LogP contribution in [0.15, 0.2) is 36.8 Å². The number of hydrogen-bond acceptors (Lipinski definition) is 9. The quantitative estimate of drug-likeness (QED) is 0.431. The number of nitrogens with zero attached hydrogens (tertiary/aromatic N) is 5. The molecule has 3 atom stereocenters. The van der Waals surface area contributed by atoms with Crippen LogP contribution in [0.5, 0.6) is 0 Å². The third-order valence-electron chi connectivity index (χ3n) is 5.12. The summed E-state index contributed by atoms with van der Waals surface area (Å²) in [5.41, 5.74) is 0.587. The van der Waals surface area contributed by atoms with E-state index < -0.39 is 6.09 Å². The Balaban J connectivity index is 1.54. The summed E-state index contributed by atoms with van der Waals surface area (Å²) in [4.78, 5) is 32.6. The van der Waals surface area contributed by atoms with Crippen molar-refractivity contribution in [3.8, 4) is 10.6 Å². The van der Waals surface area contributed by atoms with E-state index in [1.807, 2.05) is 52.9 Å². The van der Waals surface area contributed by atoms with Crippen molar-refractivity contribution in [1.82, 2.24) is 19.9 Å². The first-order chi connectivity index (χ1) is 16.1. The first-order valence-corrected chi connectivity index (χ1v) is 12.1. The largest absolute Gasteiger partial charge is 0.447 e. The Morgan fingerprint density at radius 3 is 2.79 bits per heavy atom. The molecular weight excluding hydrogens is 476 g/mol. The summed E-state index contributed by atoms with van der Waals surface area (Å²) in [5, 5.41) is 4.35. The van der Waals surface area contributed by atoms with E-state index in [1.54, 1.807) is 29.8 Å². The number of nitrogens with one attached hydrogen (secondary N) is 1. The molecule has 180 valence electrons. The molecule has 4 rings (SSSR count). The van der Waals surface area contributed by atoms with Crippen LogP contribution in [0.3, 0.4) is 0 Å². The summed E-state index contributed by atoms with van der Waals surface area (Å²) in [5.74, 6) is 0.654. The minimum atomic E-state index is -0.494. The Morgan fingerprint density at radius 2 is 2.09 bits per heavy atom. The highest BCUT2D eigenvalue weighted by Gasteiger charge is 2.40. The van der Waals surface area contributed by atoms with Crippen molar-refractivity contribution >= 4 is 40.8 Å². The number of halogens is 1. The van der Waals surface area contributed by atoms with Gasteiger partial charge in [-0.05, 0) is 46.8 Å². The second-order valence-corrected chi connectivity index (χ2v) is 10.4. The highest BCUT2D eigenvalue weighted by Crippen LogP contribution is 2.32. The molecule has 1 aliphatic rings. The fraction of sp³-hybridized carbons (Fsp3) is 0.435. The fourth-order valence-electron chi connectivity index (χ4n) is 3.65. The van der Waals surface area contributed by atoms with Crippen molar-refractivity contribution in [3.05, 3.63) is 46.8 Å².